The quantitative estimate of drug-likeness (QED) is 0.770. The van der Waals surface area contributed by atoms with Crippen LogP contribution in [0.25, 0.3) is 0 Å². The fourth-order valence-corrected chi connectivity index (χ4v) is 1.93. The molecule has 0 bridgehead atoms. The molecule has 0 radical (unpaired) electrons. The lowest BCUT2D eigenvalue weighted by molar-refractivity contribution is 0.0155. The van der Waals surface area contributed by atoms with Crippen molar-refractivity contribution in [2.24, 2.45) is 0 Å². The molecular formula is C12H16ClNO2. The van der Waals surface area contributed by atoms with Crippen LogP contribution in [0.15, 0.2) is 30.3 Å². The molecule has 1 aliphatic heterocycles. The standard InChI is InChI=1S/C12H15NO2.ClH/c14-11(10-4-2-1-3-5-10)12(15)6-8-13-9-7-12;/h1-5,13,15H,6-9H2;1H. The molecule has 3 nitrogen and oxygen atoms in total. The Kier molecular flexibility index (Phi) is 4.47. The van der Waals surface area contributed by atoms with Gasteiger partial charge in [0.05, 0.1) is 0 Å². The first-order chi connectivity index (χ1) is 7.22. The number of carbonyl (C=O) groups excluding carboxylic acids is 1. The number of piperidine rings is 1. The average molecular weight is 242 g/mol. The number of ketones is 1. The van der Waals surface area contributed by atoms with E-state index in [-0.39, 0.29) is 18.2 Å². The number of Topliss-reactive ketones (excluding diaryl/α,β-unsaturated/α-hetero) is 1. The Morgan fingerprint density at radius 1 is 1.19 bits per heavy atom. The molecule has 1 aliphatic rings. The summed E-state index contributed by atoms with van der Waals surface area (Å²) >= 11 is 0. The van der Waals surface area contributed by atoms with Crippen LogP contribution in [-0.4, -0.2) is 29.6 Å². The number of aliphatic hydroxyl groups is 1. The van der Waals surface area contributed by atoms with E-state index >= 15 is 0 Å². The third-order valence-corrected chi connectivity index (χ3v) is 2.89. The zero-order valence-electron chi connectivity index (χ0n) is 8.98. The summed E-state index contributed by atoms with van der Waals surface area (Å²) in [4.78, 5) is 12.0. The molecule has 4 heteroatoms. The predicted octanol–water partition coefficient (Wildman–Crippen LogP) is 1.41. The Morgan fingerprint density at radius 2 is 1.75 bits per heavy atom. The van der Waals surface area contributed by atoms with Crippen LogP contribution in [-0.2, 0) is 0 Å². The highest BCUT2D eigenvalue weighted by molar-refractivity contribution is 6.02. The van der Waals surface area contributed by atoms with Gasteiger partial charge in [0.1, 0.15) is 5.60 Å². The molecule has 1 heterocycles. The summed E-state index contributed by atoms with van der Waals surface area (Å²) in [5, 5.41) is 13.3. The van der Waals surface area contributed by atoms with Crippen LogP contribution in [0.5, 0.6) is 0 Å². The Morgan fingerprint density at radius 3 is 2.31 bits per heavy atom. The number of hydrogen-bond acceptors (Lipinski definition) is 3. The molecule has 2 N–H and O–H groups in total. The van der Waals surface area contributed by atoms with Gasteiger partial charge in [0.25, 0.3) is 0 Å². The normalized spacial score (nSPS) is 18.6. The fourth-order valence-electron chi connectivity index (χ4n) is 1.93. The minimum Gasteiger partial charge on any atom is -0.382 e. The lowest BCUT2D eigenvalue weighted by Gasteiger charge is -2.31. The van der Waals surface area contributed by atoms with Crippen molar-refractivity contribution in [3.8, 4) is 0 Å². The molecule has 1 fully saturated rings. The van der Waals surface area contributed by atoms with Crippen molar-refractivity contribution in [1.82, 2.24) is 5.32 Å². The molecule has 88 valence electrons. The minimum atomic E-state index is -1.16. The highest BCUT2D eigenvalue weighted by Crippen LogP contribution is 2.23. The minimum absolute atomic E-state index is 0. The highest BCUT2D eigenvalue weighted by atomic mass is 35.5. The number of rotatable bonds is 2. The maximum atomic E-state index is 12.0. The number of carbonyl (C=O) groups is 1. The van der Waals surface area contributed by atoms with Gasteiger partial charge < -0.3 is 10.4 Å². The number of benzene rings is 1. The van der Waals surface area contributed by atoms with Gasteiger partial charge in [-0.05, 0) is 25.9 Å². The average Bonchev–Trinajstić information content (AvgIpc) is 2.30. The summed E-state index contributed by atoms with van der Waals surface area (Å²) in [6.07, 6.45) is 1.00. The van der Waals surface area contributed by atoms with Gasteiger partial charge in [0, 0.05) is 5.56 Å². The SMILES string of the molecule is Cl.O=C(c1ccccc1)C1(O)CCNCC1. The van der Waals surface area contributed by atoms with Crippen molar-refractivity contribution in [3.63, 3.8) is 0 Å². The Balaban J connectivity index is 0.00000128. The van der Waals surface area contributed by atoms with Crippen LogP contribution in [0.4, 0.5) is 0 Å². The van der Waals surface area contributed by atoms with Gasteiger partial charge in [0.2, 0.25) is 0 Å². The molecule has 1 saturated heterocycles. The van der Waals surface area contributed by atoms with E-state index in [1.54, 1.807) is 12.1 Å². The van der Waals surface area contributed by atoms with E-state index in [9.17, 15) is 9.90 Å². The molecule has 1 aromatic rings. The number of nitrogens with one attached hydrogen (secondary N) is 1. The topological polar surface area (TPSA) is 49.3 Å². The molecular weight excluding hydrogens is 226 g/mol. The third kappa shape index (κ3) is 2.61. The molecule has 0 atom stereocenters. The van der Waals surface area contributed by atoms with Gasteiger partial charge >= 0.3 is 0 Å². The van der Waals surface area contributed by atoms with Crippen molar-refractivity contribution in [1.29, 1.82) is 0 Å². The van der Waals surface area contributed by atoms with Crippen LogP contribution < -0.4 is 5.32 Å². The number of halogens is 1. The Labute approximate surface area is 101 Å². The predicted molar refractivity (Wildman–Crippen MR) is 65.1 cm³/mol. The van der Waals surface area contributed by atoms with Gasteiger partial charge in [-0.2, -0.15) is 0 Å². The molecule has 0 spiro atoms. The molecule has 0 saturated carbocycles. The summed E-state index contributed by atoms with van der Waals surface area (Å²) in [5.41, 5.74) is -0.561. The second-order valence-electron chi connectivity index (χ2n) is 3.98. The maximum Gasteiger partial charge on any atom is 0.194 e. The summed E-state index contributed by atoms with van der Waals surface area (Å²) in [6, 6.07) is 9.00. The van der Waals surface area contributed by atoms with E-state index in [1.165, 1.54) is 0 Å². The van der Waals surface area contributed by atoms with Crippen molar-refractivity contribution in [2.75, 3.05) is 13.1 Å². The summed E-state index contributed by atoms with van der Waals surface area (Å²) in [5.74, 6) is -0.149. The van der Waals surface area contributed by atoms with Crippen LogP contribution in [0.1, 0.15) is 23.2 Å². The van der Waals surface area contributed by atoms with E-state index in [1.807, 2.05) is 18.2 Å². The first-order valence-corrected chi connectivity index (χ1v) is 5.25. The molecule has 0 unspecified atom stereocenters. The van der Waals surface area contributed by atoms with Crippen LogP contribution in [0.2, 0.25) is 0 Å². The smallest absolute Gasteiger partial charge is 0.194 e. The maximum absolute atomic E-state index is 12.0. The second kappa shape index (κ2) is 5.43. The van der Waals surface area contributed by atoms with Crippen molar-refractivity contribution in [2.45, 2.75) is 18.4 Å². The van der Waals surface area contributed by atoms with Gasteiger partial charge in [-0.15, -0.1) is 12.4 Å². The molecule has 0 aromatic heterocycles. The van der Waals surface area contributed by atoms with Gasteiger partial charge in [-0.25, -0.2) is 0 Å². The number of hydrogen-bond donors (Lipinski definition) is 2. The largest absolute Gasteiger partial charge is 0.382 e. The zero-order valence-corrected chi connectivity index (χ0v) is 9.80. The van der Waals surface area contributed by atoms with Crippen molar-refractivity contribution in [3.05, 3.63) is 35.9 Å². The lowest BCUT2D eigenvalue weighted by atomic mass is 9.85. The van der Waals surface area contributed by atoms with Crippen molar-refractivity contribution >= 4 is 18.2 Å². The lowest BCUT2D eigenvalue weighted by Crippen LogP contribution is -2.47. The van der Waals surface area contributed by atoms with Crippen LogP contribution in [0, 0.1) is 0 Å². The summed E-state index contributed by atoms with van der Waals surface area (Å²) < 4.78 is 0. The van der Waals surface area contributed by atoms with E-state index in [4.69, 9.17) is 0 Å². The van der Waals surface area contributed by atoms with Crippen LogP contribution in [0.3, 0.4) is 0 Å². The van der Waals surface area contributed by atoms with E-state index in [2.05, 4.69) is 5.32 Å². The fraction of sp³-hybridized carbons (Fsp3) is 0.417. The van der Waals surface area contributed by atoms with Gasteiger partial charge in [0.15, 0.2) is 5.78 Å². The first kappa shape index (κ1) is 13.2. The zero-order chi connectivity index (χ0) is 10.7. The molecule has 16 heavy (non-hydrogen) atoms. The second-order valence-corrected chi connectivity index (χ2v) is 3.98. The molecule has 1 aromatic carbocycles. The summed E-state index contributed by atoms with van der Waals surface area (Å²) in [7, 11) is 0. The first-order valence-electron chi connectivity index (χ1n) is 5.25. The molecule has 0 amide bonds. The van der Waals surface area contributed by atoms with Gasteiger partial charge in [-0.3, -0.25) is 4.79 Å². The van der Waals surface area contributed by atoms with E-state index in [0.717, 1.165) is 0 Å². The third-order valence-electron chi connectivity index (χ3n) is 2.89. The molecule has 2 rings (SSSR count). The van der Waals surface area contributed by atoms with Crippen LogP contribution >= 0.6 is 12.4 Å². The Hall–Kier alpha value is -0.900. The summed E-state index contributed by atoms with van der Waals surface area (Å²) in [6.45, 7) is 1.41. The van der Waals surface area contributed by atoms with E-state index in [0.29, 0.717) is 31.5 Å². The monoisotopic (exact) mass is 241 g/mol. The highest BCUT2D eigenvalue weighted by Gasteiger charge is 2.37. The molecule has 0 aliphatic carbocycles. The van der Waals surface area contributed by atoms with Gasteiger partial charge in [-0.1, -0.05) is 30.3 Å². The van der Waals surface area contributed by atoms with E-state index < -0.39 is 5.60 Å². The van der Waals surface area contributed by atoms with Crippen molar-refractivity contribution < 1.29 is 9.90 Å². The Bertz CT molecular complexity index is 347.